The number of likely N-dealkylation sites (tertiary alicyclic amines) is 1. The van der Waals surface area contributed by atoms with E-state index >= 15 is 0 Å². The van der Waals surface area contributed by atoms with Crippen LogP contribution in [0.1, 0.15) is 104 Å². The molecule has 11 nitrogen and oxygen atoms in total. The number of aromatic hydroxyl groups is 1. The van der Waals surface area contributed by atoms with Crippen molar-refractivity contribution in [1.82, 2.24) is 20.0 Å². The number of imide groups is 2. The molecule has 0 bridgehead atoms. The van der Waals surface area contributed by atoms with Gasteiger partial charge in [-0.15, -0.1) is 0 Å². The Morgan fingerprint density at radius 2 is 1.43 bits per heavy atom. The van der Waals surface area contributed by atoms with Gasteiger partial charge in [0.15, 0.2) is 0 Å². The Bertz CT molecular complexity index is 2310. The number of amides is 5. The van der Waals surface area contributed by atoms with Gasteiger partial charge in [-0.2, -0.15) is 0 Å². The molecule has 3 atom stereocenters. The number of carbonyl (C=O) groups is 5. The Hall–Kier alpha value is -5.81. The monoisotopic (exact) mass is 777 g/mol. The van der Waals surface area contributed by atoms with Crippen LogP contribution in [0.5, 0.6) is 5.75 Å². The van der Waals surface area contributed by atoms with E-state index in [4.69, 9.17) is 0 Å². The maximum Gasteiger partial charge on any atom is 0.262 e. The highest BCUT2D eigenvalue weighted by atomic mass is 16.3. The molecule has 5 aliphatic heterocycles. The zero-order valence-electron chi connectivity index (χ0n) is 32.5. The van der Waals surface area contributed by atoms with Gasteiger partial charge in [0.25, 0.3) is 11.8 Å². The summed E-state index contributed by atoms with van der Waals surface area (Å²) in [4.78, 5) is 72.0. The van der Waals surface area contributed by atoms with Crippen LogP contribution in [0.3, 0.4) is 0 Å². The van der Waals surface area contributed by atoms with Crippen LogP contribution in [0.15, 0.2) is 84.9 Å². The van der Waals surface area contributed by atoms with Crippen molar-refractivity contribution in [3.05, 3.63) is 129 Å². The van der Waals surface area contributed by atoms with Gasteiger partial charge in [-0.3, -0.25) is 39.1 Å². The van der Waals surface area contributed by atoms with Gasteiger partial charge in [-0.1, -0.05) is 48.5 Å². The number of carbonyl (C=O) groups excluding carboxylic acids is 5. The molecular weight excluding hydrogens is 731 g/mol. The fraction of sp³-hybridized carbons (Fsp3) is 0.383. The van der Waals surface area contributed by atoms with Gasteiger partial charge < -0.3 is 14.9 Å². The molecule has 4 aromatic carbocycles. The van der Waals surface area contributed by atoms with Crippen LogP contribution in [0, 0.1) is 5.41 Å². The highest BCUT2D eigenvalue weighted by Crippen LogP contribution is 2.48. The molecule has 3 unspecified atom stereocenters. The van der Waals surface area contributed by atoms with Gasteiger partial charge in [-0.05, 0) is 120 Å². The average molecular weight is 778 g/mol. The summed E-state index contributed by atoms with van der Waals surface area (Å²) in [7, 11) is 0. The number of fused-ring (bicyclic) bond motifs is 3. The topological polar surface area (TPSA) is 131 Å². The van der Waals surface area contributed by atoms with Crippen LogP contribution in [-0.2, 0) is 33.9 Å². The molecule has 2 N–H and O–H groups in total. The normalized spacial score (nSPS) is 23.9. The van der Waals surface area contributed by atoms with Crippen LogP contribution in [0.2, 0.25) is 0 Å². The second kappa shape index (κ2) is 14.2. The molecule has 1 aliphatic carbocycles. The summed E-state index contributed by atoms with van der Waals surface area (Å²) >= 11 is 0. The largest absolute Gasteiger partial charge is 0.508 e. The number of nitrogens with zero attached hydrogens (tertiary/aromatic N) is 4. The summed E-state index contributed by atoms with van der Waals surface area (Å²) in [6.45, 7) is 4.73. The lowest BCUT2D eigenvalue weighted by molar-refractivity contribution is -0.136. The zero-order chi connectivity index (χ0) is 39.7. The molecule has 5 heterocycles. The first kappa shape index (κ1) is 36.5. The fourth-order valence-corrected chi connectivity index (χ4v) is 10.8. The average Bonchev–Trinajstić information content (AvgIpc) is 3.90. The van der Waals surface area contributed by atoms with E-state index in [2.05, 4.69) is 75.8 Å². The molecule has 1 spiro atoms. The number of hydrogen-bond acceptors (Lipinski definition) is 8. The van der Waals surface area contributed by atoms with Crippen LogP contribution in [-0.4, -0.2) is 88.1 Å². The Balaban J connectivity index is 0.752. The van der Waals surface area contributed by atoms with E-state index in [1.165, 1.54) is 27.9 Å². The van der Waals surface area contributed by atoms with E-state index in [9.17, 15) is 29.1 Å². The third kappa shape index (κ3) is 6.36. The van der Waals surface area contributed by atoms with Crippen molar-refractivity contribution in [2.45, 2.75) is 75.9 Å². The molecule has 0 radical (unpaired) electrons. The SMILES string of the molecule is O=C1CCC(N2C(=O)c3cc4c(cc3C2=O)CN(CC(=O)N2CCC3(CC2)CCN(c2ccc(C5c6ccc(O)cc6CCC5c5ccccc5)cc2)C3)C4)C(=O)N1. The van der Waals surface area contributed by atoms with Crippen molar-refractivity contribution in [3.63, 3.8) is 0 Å². The Morgan fingerprint density at radius 3 is 2.12 bits per heavy atom. The summed E-state index contributed by atoms with van der Waals surface area (Å²) in [5.74, 6) is -1.04. The standard InChI is InChI=1S/C47H47N5O6/c53-35-11-13-37-31(22-35)8-12-36(29-4-2-1-3-5-29)43(37)30-6-9-34(10-7-30)51-21-18-47(28-51)16-19-50(20-17-47)42(55)27-49-25-32-23-38-39(24-33(32)26-49)46(58)52(45(38)57)40-14-15-41(54)48-44(40)56/h1-7,9-11,13,22-24,36,40,43,53H,8,12,14-21,25-28H2,(H,48,54,56). The minimum Gasteiger partial charge on any atom is -0.508 e. The van der Waals surface area contributed by atoms with Gasteiger partial charge >= 0.3 is 0 Å². The summed E-state index contributed by atoms with van der Waals surface area (Å²) < 4.78 is 0. The Morgan fingerprint density at radius 1 is 0.741 bits per heavy atom. The van der Waals surface area contributed by atoms with Crippen molar-refractivity contribution in [2.75, 3.05) is 37.6 Å². The highest BCUT2D eigenvalue weighted by Gasteiger charge is 2.46. The molecule has 11 heteroatoms. The minimum atomic E-state index is -0.992. The third-order valence-corrected chi connectivity index (χ3v) is 14.0. The molecule has 3 saturated heterocycles. The Kier molecular flexibility index (Phi) is 8.96. The molecule has 296 valence electrons. The van der Waals surface area contributed by atoms with Gasteiger partial charge in [0.1, 0.15) is 11.8 Å². The third-order valence-electron chi connectivity index (χ3n) is 14.0. The molecule has 3 fully saturated rings. The summed E-state index contributed by atoms with van der Waals surface area (Å²) in [6.07, 6.45) is 5.24. The minimum absolute atomic E-state index is 0.0794. The number of anilines is 1. The maximum atomic E-state index is 13.6. The number of aryl methyl sites for hydroxylation is 1. The lowest BCUT2D eigenvalue weighted by Crippen LogP contribution is -2.54. The predicted molar refractivity (Wildman–Crippen MR) is 216 cm³/mol. The number of benzene rings is 4. The Labute approximate surface area is 337 Å². The predicted octanol–water partition coefficient (Wildman–Crippen LogP) is 5.49. The van der Waals surface area contributed by atoms with Gasteiger partial charge in [0.05, 0.1) is 17.7 Å². The number of nitrogens with one attached hydrogen (secondary N) is 1. The lowest BCUT2D eigenvalue weighted by atomic mass is 9.69. The van der Waals surface area contributed by atoms with Crippen molar-refractivity contribution >= 4 is 35.2 Å². The van der Waals surface area contributed by atoms with Crippen LogP contribution < -0.4 is 10.2 Å². The van der Waals surface area contributed by atoms with E-state index in [-0.39, 0.29) is 47.8 Å². The van der Waals surface area contributed by atoms with E-state index in [1.807, 2.05) is 17.0 Å². The van der Waals surface area contributed by atoms with Crippen LogP contribution in [0.25, 0.3) is 0 Å². The number of phenolic OH excluding ortho intramolecular Hbond substituents is 1. The molecule has 5 amide bonds. The molecule has 10 rings (SSSR count). The van der Waals surface area contributed by atoms with Crippen LogP contribution in [0.4, 0.5) is 5.69 Å². The van der Waals surface area contributed by atoms with Crippen molar-refractivity contribution < 1.29 is 29.1 Å². The summed E-state index contributed by atoms with van der Waals surface area (Å²) in [5, 5.41) is 12.5. The second-order valence-electron chi connectivity index (χ2n) is 17.3. The molecule has 4 aromatic rings. The summed E-state index contributed by atoms with van der Waals surface area (Å²) in [6, 6.07) is 28.4. The molecule has 0 aromatic heterocycles. The first-order chi connectivity index (χ1) is 28.1. The van der Waals surface area contributed by atoms with Crippen LogP contribution >= 0.6 is 0 Å². The van der Waals surface area contributed by atoms with Crippen molar-refractivity contribution in [2.24, 2.45) is 5.41 Å². The number of piperidine rings is 2. The first-order valence-corrected chi connectivity index (χ1v) is 20.7. The molecule has 6 aliphatic rings. The van der Waals surface area contributed by atoms with E-state index in [0.29, 0.717) is 24.8 Å². The van der Waals surface area contributed by atoms with E-state index in [1.54, 1.807) is 12.1 Å². The fourth-order valence-electron chi connectivity index (χ4n) is 10.8. The number of hydrogen-bond donors (Lipinski definition) is 2. The van der Waals surface area contributed by atoms with Gasteiger partial charge in [0.2, 0.25) is 17.7 Å². The summed E-state index contributed by atoms with van der Waals surface area (Å²) in [5.41, 5.74) is 8.99. The van der Waals surface area contributed by atoms with E-state index in [0.717, 1.165) is 74.3 Å². The molecular formula is C47H47N5O6. The zero-order valence-corrected chi connectivity index (χ0v) is 32.5. The maximum absolute atomic E-state index is 13.6. The molecule has 0 saturated carbocycles. The number of rotatable bonds is 6. The van der Waals surface area contributed by atoms with Crippen molar-refractivity contribution in [1.29, 1.82) is 0 Å². The van der Waals surface area contributed by atoms with E-state index < -0.39 is 29.7 Å². The smallest absolute Gasteiger partial charge is 0.262 e. The number of phenols is 1. The quantitative estimate of drug-likeness (QED) is 0.246. The second-order valence-corrected chi connectivity index (χ2v) is 17.3. The molecule has 58 heavy (non-hydrogen) atoms. The first-order valence-electron chi connectivity index (χ1n) is 20.7. The van der Waals surface area contributed by atoms with Crippen molar-refractivity contribution in [3.8, 4) is 5.75 Å². The van der Waals surface area contributed by atoms with Gasteiger partial charge in [0, 0.05) is 57.3 Å². The van der Waals surface area contributed by atoms with Gasteiger partial charge in [-0.25, -0.2) is 0 Å². The highest BCUT2D eigenvalue weighted by molar-refractivity contribution is 6.23. The lowest BCUT2D eigenvalue weighted by Gasteiger charge is -2.40.